The van der Waals surface area contributed by atoms with Crippen molar-refractivity contribution in [2.75, 3.05) is 0 Å². The Kier molecular flexibility index (Phi) is 2.66. The van der Waals surface area contributed by atoms with E-state index in [-0.39, 0.29) is 0 Å². The van der Waals surface area contributed by atoms with Crippen LogP contribution in [0.1, 0.15) is 25.5 Å². The monoisotopic (exact) mass is 305 g/mol. The van der Waals surface area contributed by atoms with E-state index in [1.807, 2.05) is 29.1 Å². The van der Waals surface area contributed by atoms with E-state index in [1.165, 1.54) is 0 Å². The molecule has 0 saturated carbocycles. The van der Waals surface area contributed by atoms with Gasteiger partial charge in [-0.15, -0.1) is 0 Å². The van der Waals surface area contributed by atoms with E-state index in [2.05, 4.69) is 44.8 Å². The largest absolute Gasteiger partial charge is 0.301 e. The highest BCUT2D eigenvalue weighted by molar-refractivity contribution is 9.10. The van der Waals surface area contributed by atoms with Gasteiger partial charge in [-0.3, -0.25) is 0 Å². The minimum Gasteiger partial charge on any atom is -0.301 e. The summed E-state index contributed by atoms with van der Waals surface area (Å²) in [6.07, 6.45) is 7.43. The molecule has 0 N–H and O–H groups in total. The van der Waals surface area contributed by atoms with Crippen LogP contribution in [0.4, 0.5) is 0 Å². The summed E-state index contributed by atoms with van der Waals surface area (Å²) >= 11 is 3.40. The van der Waals surface area contributed by atoms with Gasteiger partial charge in [-0.1, -0.05) is 13.8 Å². The van der Waals surface area contributed by atoms with Crippen molar-refractivity contribution in [1.29, 1.82) is 0 Å². The van der Waals surface area contributed by atoms with Gasteiger partial charge in [0.25, 0.3) is 0 Å². The first-order chi connectivity index (χ1) is 8.65. The number of hydrogen-bond acceptors (Lipinski definition) is 3. The van der Waals surface area contributed by atoms with Crippen LogP contribution in [0.3, 0.4) is 0 Å². The van der Waals surface area contributed by atoms with Crippen molar-refractivity contribution < 1.29 is 0 Å². The Morgan fingerprint density at radius 3 is 2.83 bits per heavy atom. The third-order valence-electron chi connectivity index (χ3n) is 2.75. The quantitative estimate of drug-likeness (QED) is 0.731. The summed E-state index contributed by atoms with van der Waals surface area (Å²) in [6.45, 7) is 4.23. The van der Waals surface area contributed by atoms with Crippen LogP contribution in [0.5, 0.6) is 0 Å². The molecule has 0 aliphatic carbocycles. The standard InChI is InChI=1S/C12H12BrN5/c1-8(2)9-3-5-18(16-9)12-11-14-4-6-17(11)7-10(13)15-12/h3-8H,1-2H3. The van der Waals surface area contributed by atoms with Crippen molar-refractivity contribution in [3.8, 4) is 5.82 Å². The zero-order valence-electron chi connectivity index (χ0n) is 10.1. The van der Waals surface area contributed by atoms with Crippen LogP contribution in [0.2, 0.25) is 0 Å². The van der Waals surface area contributed by atoms with Crippen LogP contribution in [0.15, 0.2) is 35.5 Å². The third kappa shape index (κ3) is 1.82. The van der Waals surface area contributed by atoms with E-state index in [0.717, 1.165) is 21.8 Å². The first-order valence-electron chi connectivity index (χ1n) is 5.70. The maximum atomic E-state index is 4.53. The Balaban J connectivity index is 2.20. The predicted octanol–water partition coefficient (Wildman–Crippen LogP) is 2.80. The molecule has 0 spiro atoms. The van der Waals surface area contributed by atoms with E-state index in [9.17, 15) is 0 Å². The van der Waals surface area contributed by atoms with E-state index in [1.54, 1.807) is 10.9 Å². The highest BCUT2D eigenvalue weighted by Crippen LogP contribution is 2.18. The van der Waals surface area contributed by atoms with Crippen molar-refractivity contribution in [2.45, 2.75) is 19.8 Å². The number of aromatic nitrogens is 5. The molecule has 3 rings (SSSR count). The van der Waals surface area contributed by atoms with Crippen molar-refractivity contribution >= 4 is 21.6 Å². The Hall–Kier alpha value is -1.69. The highest BCUT2D eigenvalue weighted by Gasteiger charge is 2.11. The summed E-state index contributed by atoms with van der Waals surface area (Å²) in [5.74, 6) is 1.12. The van der Waals surface area contributed by atoms with Gasteiger partial charge in [0.15, 0.2) is 11.5 Å². The van der Waals surface area contributed by atoms with Gasteiger partial charge in [0, 0.05) is 24.8 Å². The molecule has 92 valence electrons. The first-order valence-corrected chi connectivity index (χ1v) is 6.49. The third-order valence-corrected chi connectivity index (χ3v) is 3.13. The molecule has 0 aliphatic heterocycles. The molecule has 6 heteroatoms. The molecule has 0 bridgehead atoms. The minimum atomic E-state index is 0.397. The lowest BCUT2D eigenvalue weighted by molar-refractivity contribution is 0.755. The maximum Gasteiger partial charge on any atom is 0.198 e. The van der Waals surface area contributed by atoms with Crippen molar-refractivity contribution in [3.05, 3.63) is 41.2 Å². The van der Waals surface area contributed by atoms with Gasteiger partial charge in [-0.2, -0.15) is 5.10 Å². The smallest absolute Gasteiger partial charge is 0.198 e. The molecule has 3 aromatic rings. The van der Waals surface area contributed by atoms with Crippen LogP contribution >= 0.6 is 15.9 Å². The normalized spacial score (nSPS) is 11.6. The molecule has 0 fully saturated rings. The SMILES string of the molecule is CC(C)c1ccn(-c2nc(Br)cn3ccnc23)n1. The average Bonchev–Trinajstić information content (AvgIpc) is 2.95. The molecular formula is C12H12BrN5. The molecular weight excluding hydrogens is 294 g/mol. The van der Waals surface area contributed by atoms with Crippen LogP contribution in [0, 0.1) is 0 Å². The topological polar surface area (TPSA) is 48.0 Å². The lowest BCUT2D eigenvalue weighted by Gasteiger charge is -2.04. The lowest BCUT2D eigenvalue weighted by Crippen LogP contribution is -2.03. The van der Waals surface area contributed by atoms with Crippen molar-refractivity contribution in [1.82, 2.24) is 24.1 Å². The van der Waals surface area contributed by atoms with Gasteiger partial charge in [-0.05, 0) is 27.9 Å². The summed E-state index contributed by atoms with van der Waals surface area (Å²) in [7, 11) is 0. The molecule has 5 nitrogen and oxygen atoms in total. The van der Waals surface area contributed by atoms with Crippen LogP contribution in [0.25, 0.3) is 11.5 Å². The van der Waals surface area contributed by atoms with E-state index in [4.69, 9.17) is 0 Å². The number of imidazole rings is 1. The molecule has 0 amide bonds. The Morgan fingerprint density at radius 1 is 1.28 bits per heavy atom. The molecule has 0 aromatic carbocycles. The van der Waals surface area contributed by atoms with Gasteiger partial charge in [0.05, 0.1) is 5.69 Å². The maximum absolute atomic E-state index is 4.53. The van der Waals surface area contributed by atoms with Gasteiger partial charge in [0.2, 0.25) is 0 Å². The second-order valence-electron chi connectivity index (χ2n) is 4.39. The molecule has 3 aromatic heterocycles. The molecule has 0 atom stereocenters. The fourth-order valence-electron chi connectivity index (χ4n) is 1.80. The molecule has 3 heterocycles. The summed E-state index contributed by atoms with van der Waals surface area (Å²) in [4.78, 5) is 8.76. The van der Waals surface area contributed by atoms with Gasteiger partial charge < -0.3 is 4.40 Å². The molecule has 18 heavy (non-hydrogen) atoms. The average molecular weight is 306 g/mol. The summed E-state index contributed by atoms with van der Waals surface area (Å²) in [5.41, 5.74) is 1.83. The summed E-state index contributed by atoms with van der Waals surface area (Å²) < 4.78 is 4.44. The van der Waals surface area contributed by atoms with Crippen LogP contribution in [-0.2, 0) is 0 Å². The lowest BCUT2D eigenvalue weighted by atomic mass is 10.1. The Bertz CT molecular complexity index is 697. The number of rotatable bonds is 2. The number of halogens is 1. The molecule has 0 saturated heterocycles. The molecule has 0 aliphatic rings. The van der Waals surface area contributed by atoms with Crippen LogP contribution in [-0.4, -0.2) is 24.1 Å². The number of nitrogens with zero attached hydrogens (tertiary/aromatic N) is 5. The fraction of sp³-hybridized carbons (Fsp3) is 0.250. The first kappa shape index (κ1) is 11.4. The number of fused-ring (bicyclic) bond motifs is 1. The fourth-order valence-corrected chi connectivity index (χ4v) is 2.19. The Morgan fingerprint density at radius 2 is 2.11 bits per heavy atom. The second kappa shape index (κ2) is 4.20. The van der Waals surface area contributed by atoms with Crippen LogP contribution < -0.4 is 0 Å². The second-order valence-corrected chi connectivity index (χ2v) is 5.20. The zero-order chi connectivity index (χ0) is 12.7. The van der Waals surface area contributed by atoms with Gasteiger partial charge >= 0.3 is 0 Å². The highest BCUT2D eigenvalue weighted by atomic mass is 79.9. The Labute approximate surface area is 113 Å². The summed E-state index contributed by atoms with van der Waals surface area (Å²) in [6, 6.07) is 2.01. The minimum absolute atomic E-state index is 0.397. The zero-order valence-corrected chi connectivity index (χ0v) is 11.7. The van der Waals surface area contributed by atoms with Gasteiger partial charge in [-0.25, -0.2) is 14.6 Å². The van der Waals surface area contributed by atoms with Gasteiger partial charge in [0.1, 0.15) is 4.60 Å². The van der Waals surface area contributed by atoms with E-state index in [0.29, 0.717) is 5.92 Å². The summed E-state index contributed by atoms with van der Waals surface area (Å²) in [5, 5.41) is 4.53. The number of hydrogen-bond donors (Lipinski definition) is 0. The van der Waals surface area contributed by atoms with Crippen molar-refractivity contribution in [3.63, 3.8) is 0 Å². The predicted molar refractivity (Wildman–Crippen MR) is 71.9 cm³/mol. The van der Waals surface area contributed by atoms with E-state index >= 15 is 0 Å². The van der Waals surface area contributed by atoms with E-state index < -0.39 is 0 Å². The molecule has 0 unspecified atom stereocenters. The molecule has 0 radical (unpaired) electrons. The van der Waals surface area contributed by atoms with Crippen molar-refractivity contribution in [2.24, 2.45) is 0 Å².